The van der Waals surface area contributed by atoms with Crippen LogP contribution in [0.15, 0.2) is 4.90 Å². The maximum Gasteiger partial charge on any atom is 0.304 e. The van der Waals surface area contributed by atoms with Crippen molar-refractivity contribution in [1.29, 1.82) is 0 Å². The van der Waals surface area contributed by atoms with Gasteiger partial charge in [-0.15, -0.1) is 0 Å². The second-order valence-electron chi connectivity index (χ2n) is 3.75. The summed E-state index contributed by atoms with van der Waals surface area (Å²) in [6.07, 6.45) is 0. The van der Waals surface area contributed by atoms with Crippen molar-refractivity contribution in [3.63, 3.8) is 0 Å². The van der Waals surface area contributed by atoms with Gasteiger partial charge in [0.15, 0.2) is 34.8 Å². The minimum absolute atomic E-state index is 0.402. The predicted molar refractivity (Wildman–Crippen MR) is 63.8 cm³/mol. The topological polar surface area (TPSA) is 69.7 Å². The maximum atomic E-state index is 13.3. The first-order valence-electron chi connectivity index (χ1n) is 5.59. The molecule has 0 aliphatic carbocycles. The molecule has 1 aromatic rings. The number of carbonyl (C=O) groups is 1. The Balaban J connectivity index is 3.00. The Morgan fingerprint density at radius 2 is 1.35 bits per heavy atom. The molecule has 0 heterocycles. The summed E-state index contributed by atoms with van der Waals surface area (Å²) in [6, 6.07) is 0. The van der Waals surface area contributed by atoms with Gasteiger partial charge in [0, 0.05) is 6.92 Å². The SMILES string of the molecule is CC(=O)OCC#CCOS(=O)(=O)c1c(F)c(F)c(F)c(F)c1F. The van der Waals surface area contributed by atoms with Crippen molar-refractivity contribution in [3.8, 4) is 11.8 Å². The molecule has 0 bridgehead atoms. The Hall–Kier alpha value is -2.19. The first-order valence-corrected chi connectivity index (χ1v) is 7.00. The van der Waals surface area contributed by atoms with Crippen LogP contribution < -0.4 is 0 Å². The van der Waals surface area contributed by atoms with Crippen molar-refractivity contribution in [2.45, 2.75) is 11.8 Å². The van der Waals surface area contributed by atoms with Gasteiger partial charge in [0.05, 0.1) is 0 Å². The molecule has 0 amide bonds. The molecule has 0 saturated heterocycles. The lowest BCUT2D eigenvalue weighted by atomic mass is 10.3. The highest BCUT2D eigenvalue weighted by molar-refractivity contribution is 7.86. The molecule has 0 fully saturated rings. The van der Waals surface area contributed by atoms with E-state index in [-0.39, 0.29) is 0 Å². The van der Waals surface area contributed by atoms with Crippen LogP contribution in [0.1, 0.15) is 6.92 Å². The lowest BCUT2D eigenvalue weighted by molar-refractivity contribution is -0.139. The number of halogens is 5. The van der Waals surface area contributed by atoms with Crippen LogP contribution in [0.3, 0.4) is 0 Å². The van der Waals surface area contributed by atoms with Gasteiger partial charge >= 0.3 is 16.1 Å². The van der Waals surface area contributed by atoms with Crippen molar-refractivity contribution in [2.75, 3.05) is 13.2 Å². The number of hydrogen-bond donors (Lipinski definition) is 0. The second kappa shape index (κ2) is 7.38. The number of ether oxygens (including phenoxy) is 1. The van der Waals surface area contributed by atoms with E-state index in [9.17, 15) is 35.2 Å². The maximum absolute atomic E-state index is 13.3. The van der Waals surface area contributed by atoms with Gasteiger partial charge in [0.2, 0.25) is 5.82 Å². The summed E-state index contributed by atoms with van der Waals surface area (Å²) < 4.78 is 96.8. The third-order valence-corrected chi connectivity index (χ3v) is 3.46. The van der Waals surface area contributed by atoms with Crippen LogP contribution in [-0.2, 0) is 23.8 Å². The van der Waals surface area contributed by atoms with Gasteiger partial charge in [-0.1, -0.05) is 11.8 Å². The lowest BCUT2D eigenvalue weighted by Crippen LogP contribution is -2.15. The molecular weight excluding hydrogens is 351 g/mol. The van der Waals surface area contributed by atoms with Gasteiger partial charge in [-0.05, 0) is 0 Å². The van der Waals surface area contributed by atoms with Crippen molar-refractivity contribution in [2.24, 2.45) is 0 Å². The van der Waals surface area contributed by atoms with E-state index in [1.54, 1.807) is 0 Å². The normalized spacial score (nSPS) is 10.9. The van der Waals surface area contributed by atoms with E-state index in [2.05, 4.69) is 14.8 Å². The molecule has 0 aliphatic rings. The van der Waals surface area contributed by atoms with E-state index in [1.165, 1.54) is 0 Å². The lowest BCUT2D eigenvalue weighted by Gasteiger charge is -2.08. The van der Waals surface area contributed by atoms with Gasteiger partial charge in [0.25, 0.3) is 0 Å². The molecule has 126 valence electrons. The fourth-order valence-corrected chi connectivity index (χ4v) is 2.16. The zero-order valence-corrected chi connectivity index (χ0v) is 12.1. The van der Waals surface area contributed by atoms with E-state index in [1.807, 2.05) is 5.92 Å². The number of carbonyl (C=O) groups excluding carboxylic acids is 1. The molecule has 0 unspecified atom stereocenters. The van der Waals surface area contributed by atoms with Gasteiger partial charge in [-0.2, -0.15) is 8.42 Å². The Bertz CT molecular complexity index is 765. The molecule has 0 atom stereocenters. The summed E-state index contributed by atoms with van der Waals surface area (Å²) in [4.78, 5) is 8.27. The Morgan fingerprint density at radius 3 is 1.83 bits per heavy atom. The van der Waals surface area contributed by atoms with Gasteiger partial charge in [0.1, 0.15) is 6.61 Å². The molecule has 0 aromatic heterocycles. The van der Waals surface area contributed by atoms with E-state index in [0.29, 0.717) is 0 Å². The van der Waals surface area contributed by atoms with Gasteiger partial charge < -0.3 is 4.74 Å². The zero-order valence-electron chi connectivity index (χ0n) is 11.3. The van der Waals surface area contributed by atoms with Crippen LogP contribution >= 0.6 is 0 Å². The molecule has 1 rings (SSSR count). The average Bonchev–Trinajstić information content (AvgIpc) is 2.46. The van der Waals surface area contributed by atoms with Crippen LogP contribution in [0, 0.1) is 40.9 Å². The fraction of sp³-hybridized carbons (Fsp3) is 0.250. The minimum Gasteiger partial charge on any atom is -0.453 e. The van der Waals surface area contributed by atoms with Crippen LogP contribution in [-0.4, -0.2) is 27.6 Å². The van der Waals surface area contributed by atoms with Crippen molar-refractivity contribution in [1.82, 2.24) is 0 Å². The Labute approximate surface area is 127 Å². The summed E-state index contributed by atoms with van der Waals surface area (Å²) >= 11 is 0. The number of benzene rings is 1. The molecule has 0 aliphatic heterocycles. The summed E-state index contributed by atoms with van der Waals surface area (Å²) in [5, 5.41) is 0. The minimum atomic E-state index is -5.29. The van der Waals surface area contributed by atoms with Crippen LogP contribution in [0.2, 0.25) is 0 Å². The van der Waals surface area contributed by atoms with E-state index >= 15 is 0 Å². The van der Waals surface area contributed by atoms with Crippen molar-refractivity contribution in [3.05, 3.63) is 29.1 Å². The third-order valence-electron chi connectivity index (χ3n) is 2.18. The molecular formula is C12H7F5O5S. The van der Waals surface area contributed by atoms with Crippen LogP contribution in [0.25, 0.3) is 0 Å². The van der Waals surface area contributed by atoms with Gasteiger partial charge in [-0.25, -0.2) is 22.0 Å². The molecule has 0 N–H and O–H groups in total. The summed E-state index contributed by atoms with van der Waals surface area (Å²) in [5.74, 6) is -8.97. The molecule has 0 radical (unpaired) electrons. The van der Waals surface area contributed by atoms with Crippen LogP contribution in [0.4, 0.5) is 22.0 Å². The standard InChI is InChI=1S/C12H7F5O5S/c1-6(18)21-4-2-3-5-22-23(19,20)12-10(16)8(14)7(13)9(15)11(12)17/h4-5H2,1H3. The third kappa shape index (κ3) is 4.40. The average molecular weight is 358 g/mol. The number of rotatable bonds is 4. The summed E-state index contributed by atoms with van der Waals surface area (Å²) in [6.45, 7) is -0.268. The number of hydrogen-bond acceptors (Lipinski definition) is 5. The molecule has 23 heavy (non-hydrogen) atoms. The Kier molecular flexibility index (Phi) is 6.05. The molecule has 1 aromatic carbocycles. The first kappa shape index (κ1) is 18.9. The number of esters is 1. The predicted octanol–water partition coefficient (Wildman–Crippen LogP) is 1.65. The van der Waals surface area contributed by atoms with Crippen LogP contribution in [0.5, 0.6) is 0 Å². The molecule has 11 heteroatoms. The zero-order chi connectivity index (χ0) is 17.8. The first-order chi connectivity index (χ1) is 10.6. The van der Waals surface area contributed by atoms with E-state index in [4.69, 9.17) is 0 Å². The summed E-state index contributed by atoms with van der Waals surface area (Å²) in [5.41, 5.74) is 0. The summed E-state index contributed by atoms with van der Waals surface area (Å²) in [7, 11) is -5.29. The van der Waals surface area contributed by atoms with E-state index in [0.717, 1.165) is 6.92 Å². The van der Waals surface area contributed by atoms with Gasteiger partial charge in [-0.3, -0.25) is 8.98 Å². The Morgan fingerprint density at radius 1 is 0.913 bits per heavy atom. The smallest absolute Gasteiger partial charge is 0.304 e. The quantitative estimate of drug-likeness (QED) is 0.204. The fourth-order valence-electron chi connectivity index (χ4n) is 1.21. The molecule has 5 nitrogen and oxygen atoms in total. The van der Waals surface area contributed by atoms with Crippen molar-refractivity contribution >= 4 is 16.1 Å². The highest BCUT2D eigenvalue weighted by atomic mass is 32.2. The molecule has 0 spiro atoms. The van der Waals surface area contributed by atoms with Crippen molar-refractivity contribution < 1.29 is 44.1 Å². The highest BCUT2D eigenvalue weighted by Gasteiger charge is 2.34. The van der Waals surface area contributed by atoms with E-state index < -0.39 is 63.3 Å². The largest absolute Gasteiger partial charge is 0.453 e. The second-order valence-corrected chi connectivity index (χ2v) is 5.30. The molecule has 0 saturated carbocycles. The monoisotopic (exact) mass is 358 g/mol. The highest BCUT2D eigenvalue weighted by Crippen LogP contribution is 2.27.